The molecule has 0 unspecified atom stereocenters. The molecule has 19 heavy (non-hydrogen) atoms. The molecular weight excluding hydrogens is 263 g/mol. The first-order valence-corrected chi connectivity index (χ1v) is 5.94. The average molecular weight is 277 g/mol. The van der Waals surface area contributed by atoms with Crippen molar-refractivity contribution in [1.29, 1.82) is 0 Å². The third-order valence-corrected chi connectivity index (χ3v) is 3.28. The van der Waals surface area contributed by atoms with E-state index in [0.29, 0.717) is 12.2 Å². The molecule has 0 bridgehead atoms. The van der Waals surface area contributed by atoms with Gasteiger partial charge < -0.3 is 14.4 Å². The summed E-state index contributed by atoms with van der Waals surface area (Å²) in [4.78, 5) is 12.9. The van der Waals surface area contributed by atoms with Crippen molar-refractivity contribution in [3.63, 3.8) is 0 Å². The van der Waals surface area contributed by atoms with Gasteiger partial charge in [0.25, 0.3) is 5.91 Å². The zero-order chi connectivity index (χ0) is 14.3. The van der Waals surface area contributed by atoms with Crippen molar-refractivity contribution in [3.05, 3.63) is 23.7 Å². The molecule has 1 atom stereocenters. The van der Waals surface area contributed by atoms with Gasteiger partial charge in [0.2, 0.25) is 0 Å². The Bertz CT molecular complexity index is 483. The number of amides is 1. The van der Waals surface area contributed by atoms with Gasteiger partial charge in [-0.15, -0.1) is 0 Å². The fourth-order valence-electron chi connectivity index (χ4n) is 2.04. The van der Waals surface area contributed by atoms with Crippen LogP contribution < -0.4 is 0 Å². The fourth-order valence-corrected chi connectivity index (χ4v) is 2.04. The highest BCUT2D eigenvalue weighted by Crippen LogP contribution is 2.38. The lowest BCUT2D eigenvalue weighted by Crippen LogP contribution is -2.48. The molecule has 1 N–H and O–H groups in total. The van der Waals surface area contributed by atoms with Crippen LogP contribution in [0, 0.1) is 0 Å². The number of halogens is 3. The number of hydrogen-bond acceptors (Lipinski definition) is 3. The summed E-state index contributed by atoms with van der Waals surface area (Å²) in [5, 5.41) is 9.50. The Kier molecular flexibility index (Phi) is 3.34. The number of carbonyl (C=O) groups excluding carboxylic acids is 1. The van der Waals surface area contributed by atoms with Gasteiger partial charge in [-0.1, -0.05) is 6.92 Å². The van der Waals surface area contributed by atoms with Crippen molar-refractivity contribution in [2.75, 3.05) is 13.1 Å². The molecule has 1 aliphatic heterocycles. The maximum Gasteiger partial charge on any atom is 0.419 e. The van der Waals surface area contributed by atoms with Gasteiger partial charge in [0.1, 0.15) is 5.76 Å². The maximum atomic E-state index is 12.6. The average Bonchev–Trinajstić information content (AvgIpc) is 2.94. The number of carbonyl (C=O) groups is 1. The minimum atomic E-state index is -4.74. The summed E-state index contributed by atoms with van der Waals surface area (Å²) in [6, 6.07) is 3.05. The summed E-state index contributed by atoms with van der Waals surface area (Å²) in [6.45, 7) is 0.944. The smallest absolute Gasteiger partial charge is 0.419 e. The van der Waals surface area contributed by atoms with Crippen LogP contribution >= 0.6 is 0 Å². The molecule has 1 aromatic rings. The van der Waals surface area contributed by atoms with Crippen molar-refractivity contribution in [1.82, 2.24) is 4.90 Å². The highest BCUT2D eigenvalue weighted by molar-refractivity contribution is 5.91. The molecule has 1 aliphatic rings. The van der Waals surface area contributed by atoms with Crippen LogP contribution in [0.5, 0.6) is 0 Å². The lowest BCUT2D eigenvalue weighted by molar-refractivity contribution is -0.253. The number of rotatable bonds is 2. The largest absolute Gasteiger partial charge is 0.456 e. The van der Waals surface area contributed by atoms with Crippen LogP contribution in [-0.2, 0) is 6.42 Å². The second-order valence-corrected chi connectivity index (χ2v) is 4.63. The fraction of sp³-hybridized carbons (Fsp3) is 0.583. The molecule has 4 nitrogen and oxygen atoms in total. The van der Waals surface area contributed by atoms with Crippen molar-refractivity contribution in [2.24, 2.45) is 0 Å². The summed E-state index contributed by atoms with van der Waals surface area (Å²) < 4.78 is 43.1. The van der Waals surface area contributed by atoms with E-state index >= 15 is 0 Å². The number of nitrogens with zero attached hydrogens (tertiary/aromatic N) is 1. The molecule has 1 fully saturated rings. The van der Waals surface area contributed by atoms with Gasteiger partial charge in [-0.3, -0.25) is 4.79 Å². The van der Waals surface area contributed by atoms with E-state index in [2.05, 4.69) is 0 Å². The zero-order valence-corrected chi connectivity index (χ0v) is 10.3. The van der Waals surface area contributed by atoms with Gasteiger partial charge >= 0.3 is 6.18 Å². The second-order valence-electron chi connectivity index (χ2n) is 4.63. The van der Waals surface area contributed by atoms with Crippen LogP contribution in [0.3, 0.4) is 0 Å². The first-order valence-electron chi connectivity index (χ1n) is 5.94. The third-order valence-electron chi connectivity index (χ3n) is 3.28. The monoisotopic (exact) mass is 277 g/mol. The Morgan fingerprint density at radius 3 is 2.68 bits per heavy atom. The lowest BCUT2D eigenvalue weighted by Gasteiger charge is -2.25. The number of aliphatic hydroxyl groups is 1. The van der Waals surface area contributed by atoms with Gasteiger partial charge in [0.05, 0.1) is 6.54 Å². The summed E-state index contributed by atoms with van der Waals surface area (Å²) in [5.74, 6) is -0.0308. The number of likely N-dealkylation sites (tertiary alicyclic amines) is 1. The van der Waals surface area contributed by atoms with Gasteiger partial charge in [0, 0.05) is 19.4 Å². The number of furan rings is 1. The quantitative estimate of drug-likeness (QED) is 0.899. The van der Waals surface area contributed by atoms with E-state index in [1.54, 1.807) is 6.07 Å². The minimum absolute atomic E-state index is 0.00303. The summed E-state index contributed by atoms with van der Waals surface area (Å²) in [6.07, 6.45) is -4.65. The van der Waals surface area contributed by atoms with Crippen LogP contribution in [0.15, 0.2) is 16.5 Å². The van der Waals surface area contributed by atoms with Crippen LogP contribution in [-0.4, -0.2) is 40.8 Å². The first kappa shape index (κ1) is 13.9. The molecule has 0 saturated carbocycles. The predicted octanol–water partition coefficient (Wildman–Crippen LogP) is 1.98. The minimum Gasteiger partial charge on any atom is -0.456 e. The van der Waals surface area contributed by atoms with Gasteiger partial charge in [-0.25, -0.2) is 0 Å². The van der Waals surface area contributed by atoms with Crippen molar-refractivity contribution in [2.45, 2.75) is 31.5 Å². The molecule has 1 saturated heterocycles. The van der Waals surface area contributed by atoms with E-state index in [1.807, 2.05) is 6.92 Å². The highest BCUT2D eigenvalue weighted by Gasteiger charge is 2.58. The van der Waals surface area contributed by atoms with Crippen LogP contribution in [0.1, 0.15) is 29.7 Å². The standard InChI is InChI=1S/C12H14F3NO3/c1-2-8-3-4-9(19-8)10(17)16-6-5-11(18,7-16)12(13,14)15/h3-4,18H,2,5-7H2,1H3/t11-/m1/s1. The second kappa shape index (κ2) is 4.56. The molecule has 106 valence electrons. The van der Waals surface area contributed by atoms with Gasteiger partial charge in [-0.2, -0.15) is 13.2 Å². The SMILES string of the molecule is CCc1ccc(C(=O)N2CC[C@](O)(C(F)(F)F)C2)o1. The van der Waals surface area contributed by atoms with Crippen LogP contribution in [0.2, 0.25) is 0 Å². The van der Waals surface area contributed by atoms with Crippen molar-refractivity contribution < 1.29 is 27.5 Å². The summed E-state index contributed by atoms with van der Waals surface area (Å²) >= 11 is 0. The number of hydrogen-bond donors (Lipinski definition) is 1. The molecule has 0 radical (unpaired) electrons. The van der Waals surface area contributed by atoms with Crippen molar-refractivity contribution in [3.8, 4) is 0 Å². The molecule has 7 heteroatoms. The number of β-amino-alcohol motifs (C(OH)–C–C–N with tert-alkyl or cyclic N) is 1. The molecule has 2 heterocycles. The maximum absolute atomic E-state index is 12.6. The number of alkyl halides is 3. The Morgan fingerprint density at radius 2 is 2.21 bits per heavy atom. The predicted molar refractivity (Wildman–Crippen MR) is 59.6 cm³/mol. The molecule has 0 spiro atoms. The normalized spacial score (nSPS) is 23.9. The molecule has 1 aromatic heterocycles. The van der Waals surface area contributed by atoms with E-state index < -0.39 is 30.7 Å². The molecular formula is C12H14F3NO3. The summed E-state index contributed by atoms with van der Waals surface area (Å²) in [5.41, 5.74) is -2.82. The van der Waals surface area contributed by atoms with Gasteiger partial charge in [0.15, 0.2) is 11.4 Å². The van der Waals surface area contributed by atoms with E-state index in [9.17, 15) is 23.1 Å². The van der Waals surface area contributed by atoms with Gasteiger partial charge in [-0.05, 0) is 12.1 Å². The highest BCUT2D eigenvalue weighted by atomic mass is 19.4. The Labute approximate surface area is 107 Å². The lowest BCUT2D eigenvalue weighted by atomic mass is 10.0. The third kappa shape index (κ3) is 2.47. The molecule has 1 amide bonds. The van der Waals surface area contributed by atoms with E-state index in [-0.39, 0.29) is 12.3 Å². The molecule has 0 aromatic carbocycles. The van der Waals surface area contributed by atoms with E-state index in [0.717, 1.165) is 4.90 Å². The van der Waals surface area contributed by atoms with Crippen LogP contribution in [0.25, 0.3) is 0 Å². The van der Waals surface area contributed by atoms with E-state index in [4.69, 9.17) is 4.42 Å². The first-order chi connectivity index (χ1) is 8.77. The zero-order valence-electron chi connectivity index (χ0n) is 10.3. The molecule has 0 aliphatic carbocycles. The Hall–Kier alpha value is -1.50. The Balaban J connectivity index is 2.11. The number of aryl methyl sites for hydroxylation is 1. The van der Waals surface area contributed by atoms with Crippen molar-refractivity contribution >= 4 is 5.91 Å². The molecule has 2 rings (SSSR count). The van der Waals surface area contributed by atoms with E-state index in [1.165, 1.54) is 6.07 Å². The van der Waals surface area contributed by atoms with Crippen LogP contribution in [0.4, 0.5) is 13.2 Å². The topological polar surface area (TPSA) is 53.7 Å². The Morgan fingerprint density at radius 1 is 1.53 bits per heavy atom. The summed E-state index contributed by atoms with van der Waals surface area (Å²) in [7, 11) is 0.